The summed E-state index contributed by atoms with van der Waals surface area (Å²) in [5.74, 6) is 0. The lowest BCUT2D eigenvalue weighted by atomic mass is 10.3. The van der Waals surface area contributed by atoms with Gasteiger partial charge < -0.3 is 5.73 Å². The largest absolute Gasteiger partial charge is 0.355 e. The van der Waals surface area contributed by atoms with E-state index in [1.165, 1.54) is 0 Å². The molecule has 1 nitrogen and oxygen atoms in total. The third-order valence-corrected chi connectivity index (χ3v) is 0.569. The van der Waals surface area contributed by atoms with Gasteiger partial charge in [0.05, 0.1) is 6.04 Å². The van der Waals surface area contributed by atoms with Crippen LogP contribution in [0, 0.1) is 6.42 Å². The van der Waals surface area contributed by atoms with E-state index in [9.17, 15) is 0 Å². The van der Waals surface area contributed by atoms with Crippen molar-refractivity contribution in [3.05, 3.63) is 6.42 Å². The summed E-state index contributed by atoms with van der Waals surface area (Å²) in [4.78, 5) is 0. The van der Waals surface area contributed by atoms with Crippen molar-refractivity contribution in [1.29, 1.82) is 0 Å². The van der Waals surface area contributed by atoms with Crippen molar-refractivity contribution in [1.82, 2.24) is 0 Å². The highest BCUT2D eigenvalue weighted by atomic mass is 14.6. The van der Waals surface area contributed by atoms with E-state index in [0.717, 1.165) is 0 Å². The number of hydrogen-bond donors (Lipinski definition) is 1. The highest BCUT2D eigenvalue weighted by Gasteiger charge is 1.85. The molecule has 3 N–H and O–H groups in total. The third-order valence-electron chi connectivity index (χ3n) is 0.569. The van der Waals surface area contributed by atoms with Gasteiger partial charge in [-0.15, -0.1) is 0 Å². The molecule has 0 aliphatic rings. The second-order valence-electron chi connectivity index (χ2n) is 1.31. The molecule has 0 saturated heterocycles. The van der Waals surface area contributed by atoms with Gasteiger partial charge in [-0.05, 0) is 6.92 Å². The van der Waals surface area contributed by atoms with Crippen molar-refractivity contribution in [2.75, 3.05) is 0 Å². The summed E-state index contributed by atoms with van der Waals surface area (Å²) in [6.07, 6.45) is 2.06. The fourth-order valence-electron chi connectivity index (χ4n) is 0. The van der Waals surface area contributed by atoms with Crippen LogP contribution in [0.25, 0.3) is 0 Å². The Balaban J connectivity index is 2.54. The van der Waals surface area contributed by atoms with E-state index in [1.807, 2.05) is 6.92 Å². The zero-order valence-corrected chi connectivity index (χ0v) is 3.86. The van der Waals surface area contributed by atoms with Gasteiger partial charge in [-0.3, -0.25) is 0 Å². The predicted octanol–water partition coefficient (Wildman–Crippen LogP) is -0.159. The first-order valence-electron chi connectivity index (χ1n) is 1.90. The van der Waals surface area contributed by atoms with Gasteiger partial charge in [-0.1, -0.05) is 6.92 Å². The minimum atomic E-state index is 0.509. The second kappa shape index (κ2) is 2.21. The maximum absolute atomic E-state index is 3.70. The van der Waals surface area contributed by atoms with E-state index in [2.05, 4.69) is 19.1 Å². The fraction of sp³-hybridized carbons (Fsp3) is 0.750. The van der Waals surface area contributed by atoms with Gasteiger partial charge in [0.15, 0.2) is 0 Å². The van der Waals surface area contributed by atoms with Crippen LogP contribution < -0.4 is 5.73 Å². The lowest BCUT2D eigenvalue weighted by Crippen LogP contribution is -2.58. The molecule has 0 bridgehead atoms. The van der Waals surface area contributed by atoms with Gasteiger partial charge in [-0.2, -0.15) is 0 Å². The van der Waals surface area contributed by atoms with Gasteiger partial charge in [0.1, 0.15) is 0 Å². The summed E-state index contributed by atoms with van der Waals surface area (Å²) in [5, 5.41) is 0. The normalized spacial score (nSPS) is 15.0. The molecule has 0 aliphatic heterocycles. The van der Waals surface area contributed by atoms with Crippen LogP contribution in [0.3, 0.4) is 0 Å². The van der Waals surface area contributed by atoms with Crippen LogP contribution in [0.2, 0.25) is 0 Å². The molecule has 0 aromatic carbocycles. The predicted molar refractivity (Wildman–Crippen MR) is 22.3 cm³/mol. The smallest absolute Gasteiger partial charge is 0.0845 e. The van der Waals surface area contributed by atoms with E-state index in [1.54, 1.807) is 0 Å². The van der Waals surface area contributed by atoms with Gasteiger partial charge >= 0.3 is 0 Å². The van der Waals surface area contributed by atoms with Crippen LogP contribution in [0.15, 0.2) is 0 Å². The molecule has 0 fully saturated rings. The van der Waals surface area contributed by atoms with Crippen molar-refractivity contribution in [3.8, 4) is 0 Å². The van der Waals surface area contributed by atoms with Gasteiger partial charge in [0.25, 0.3) is 0 Å². The van der Waals surface area contributed by atoms with Crippen LogP contribution >= 0.6 is 0 Å². The van der Waals surface area contributed by atoms with E-state index in [-0.39, 0.29) is 0 Å². The summed E-state index contributed by atoms with van der Waals surface area (Å²) in [5.41, 5.74) is 3.70. The Morgan fingerprint density at radius 2 is 2.00 bits per heavy atom. The third kappa shape index (κ3) is 3.96. The molecule has 1 atom stereocenters. The van der Waals surface area contributed by atoms with E-state index in [4.69, 9.17) is 0 Å². The van der Waals surface area contributed by atoms with Crippen LogP contribution in [-0.2, 0) is 0 Å². The van der Waals surface area contributed by atoms with Crippen LogP contribution in [0.5, 0.6) is 0 Å². The molecule has 1 unspecified atom stereocenters. The molecular formula is C4H11N+. The fourth-order valence-corrected chi connectivity index (χ4v) is 0. The van der Waals surface area contributed by atoms with E-state index in [0.29, 0.717) is 6.04 Å². The average Bonchev–Trinajstić information content (AvgIpc) is 1.38. The molecule has 0 saturated carbocycles. The molecule has 0 aromatic rings. The summed E-state index contributed by atoms with van der Waals surface area (Å²) >= 11 is 0. The maximum atomic E-state index is 3.70. The summed E-state index contributed by atoms with van der Waals surface area (Å²) in [6, 6.07) is 0.509. The maximum Gasteiger partial charge on any atom is 0.0845 e. The van der Waals surface area contributed by atoms with Crippen molar-refractivity contribution < 1.29 is 5.73 Å². The Labute approximate surface area is 33.2 Å². The molecule has 0 amide bonds. The molecule has 31 valence electrons. The Kier molecular flexibility index (Phi) is 2.19. The Bertz CT molecular complexity index is 17.6. The molecule has 0 rings (SSSR count). The molecular weight excluding hydrogens is 62.1 g/mol. The van der Waals surface area contributed by atoms with Crippen LogP contribution in [0.4, 0.5) is 0 Å². The highest BCUT2D eigenvalue weighted by molar-refractivity contribution is 4.59. The topological polar surface area (TPSA) is 27.6 Å². The first kappa shape index (κ1) is 4.96. The Morgan fingerprint density at radius 1 is 1.80 bits per heavy atom. The number of hydrogen-bond acceptors (Lipinski definition) is 0. The monoisotopic (exact) mass is 73.1 g/mol. The number of quaternary nitrogens is 1. The van der Waals surface area contributed by atoms with Gasteiger partial charge in [0, 0.05) is 6.42 Å². The minimum absolute atomic E-state index is 0.509. The van der Waals surface area contributed by atoms with Crippen LogP contribution in [0.1, 0.15) is 13.8 Å². The minimum Gasteiger partial charge on any atom is -0.355 e. The van der Waals surface area contributed by atoms with Gasteiger partial charge in [0.2, 0.25) is 0 Å². The first-order valence-corrected chi connectivity index (χ1v) is 1.90. The molecule has 0 heterocycles. The summed E-state index contributed by atoms with van der Waals surface area (Å²) in [7, 11) is 0. The van der Waals surface area contributed by atoms with E-state index < -0.39 is 0 Å². The summed E-state index contributed by atoms with van der Waals surface area (Å²) < 4.78 is 0. The molecule has 1 radical (unpaired) electrons. The zero-order valence-electron chi connectivity index (χ0n) is 3.86. The second-order valence-corrected chi connectivity index (χ2v) is 1.31. The van der Waals surface area contributed by atoms with Crippen molar-refractivity contribution in [2.45, 2.75) is 19.9 Å². The quantitative estimate of drug-likeness (QED) is 0.447. The highest BCUT2D eigenvalue weighted by Crippen LogP contribution is 1.71. The Hall–Kier alpha value is -0.0400. The van der Waals surface area contributed by atoms with Crippen molar-refractivity contribution in [2.24, 2.45) is 0 Å². The van der Waals surface area contributed by atoms with Crippen LogP contribution in [-0.4, -0.2) is 6.04 Å². The SMILES string of the molecule is C[CH]C(C)[NH3+]. The molecule has 0 aromatic heterocycles. The summed E-state index contributed by atoms with van der Waals surface area (Å²) in [6.45, 7) is 4.07. The number of rotatable bonds is 1. The van der Waals surface area contributed by atoms with Crippen molar-refractivity contribution in [3.63, 3.8) is 0 Å². The van der Waals surface area contributed by atoms with Crippen molar-refractivity contribution >= 4 is 0 Å². The first-order chi connectivity index (χ1) is 2.27. The molecule has 1 heteroatoms. The van der Waals surface area contributed by atoms with Gasteiger partial charge in [-0.25, -0.2) is 0 Å². The standard InChI is InChI=1S/C4H10N/c1-3-4(2)5/h3-4H,5H2,1-2H3/p+1. The van der Waals surface area contributed by atoms with E-state index >= 15 is 0 Å². The lowest BCUT2D eigenvalue weighted by molar-refractivity contribution is -0.402. The average molecular weight is 73.1 g/mol. The Morgan fingerprint density at radius 3 is 2.00 bits per heavy atom. The zero-order chi connectivity index (χ0) is 4.28. The lowest BCUT2D eigenvalue weighted by Gasteiger charge is -1.87. The molecule has 0 aliphatic carbocycles. The molecule has 0 spiro atoms. The molecule has 5 heavy (non-hydrogen) atoms.